The smallest absolute Gasteiger partial charge is 0.337 e. The van der Waals surface area contributed by atoms with Gasteiger partial charge in [0.2, 0.25) is 0 Å². The summed E-state index contributed by atoms with van der Waals surface area (Å²) in [4.78, 5) is 24.9. The maximum Gasteiger partial charge on any atom is 0.337 e. The third-order valence-electron chi connectivity index (χ3n) is 2.96. The van der Waals surface area contributed by atoms with E-state index in [1.165, 1.54) is 6.07 Å². The minimum Gasteiger partial charge on any atom is -0.478 e. The number of halogens is 1. The molecule has 1 heterocycles. The molecular weight excluding hydrogens is 328 g/mol. The van der Waals surface area contributed by atoms with E-state index in [9.17, 15) is 9.59 Å². The van der Waals surface area contributed by atoms with E-state index in [0.29, 0.717) is 30.8 Å². The minimum atomic E-state index is -1.08. The van der Waals surface area contributed by atoms with Gasteiger partial charge in [-0.3, -0.25) is 0 Å². The zero-order valence-corrected chi connectivity index (χ0v) is 12.4. The van der Waals surface area contributed by atoms with E-state index in [0.717, 1.165) is 6.42 Å². The van der Waals surface area contributed by atoms with Gasteiger partial charge >= 0.3 is 12.0 Å². The summed E-state index contributed by atoms with van der Waals surface area (Å²) in [5.41, 5.74) is 0.342. The third-order valence-corrected chi connectivity index (χ3v) is 3.46. The van der Waals surface area contributed by atoms with Gasteiger partial charge in [0.1, 0.15) is 0 Å². The van der Waals surface area contributed by atoms with E-state index in [1.54, 1.807) is 17.0 Å². The number of aromatic carboxylic acids is 1. The van der Waals surface area contributed by atoms with Crippen LogP contribution >= 0.6 is 15.9 Å². The second-order valence-corrected chi connectivity index (χ2v) is 5.29. The summed E-state index contributed by atoms with van der Waals surface area (Å²) >= 11 is 3.21. The van der Waals surface area contributed by atoms with Gasteiger partial charge in [-0.1, -0.05) is 15.9 Å². The highest BCUT2D eigenvalue weighted by Gasteiger charge is 2.18. The standard InChI is InChI=1S/C13H15BrN2O4/c14-9-2-3-11(10(8-9)12(17)18)15-13(19)16-4-1-6-20-7-5-16/h2-3,8H,1,4-7H2,(H,15,19)(H,17,18). The lowest BCUT2D eigenvalue weighted by molar-refractivity contribution is 0.0698. The summed E-state index contributed by atoms with van der Waals surface area (Å²) in [5.74, 6) is -1.08. The molecule has 0 radical (unpaired) electrons. The molecule has 0 unspecified atom stereocenters. The molecule has 1 aromatic rings. The van der Waals surface area contributed by atoms with E-state index < -0.39 is 5.97 Å². The van der Waals surface area contributed by atoms with Crippen LogP contribution in [0.1, 0.15) is 16.8 Å². The molecule has 0 spiro atoms. The van der Waals surface area contributed by atoms with Gasteiger partial charge in [0, 0.05) is 24.2 Å². The molecular formula is C13H15BrN2O4. The third kappa shape index (κ3) is 3.71. The largest absolute Gasteiger partial charge is 0.478 e. The molecule has 1 fully saturated rings. The number of carboxylic acids is 1. The van der Waals surface area contributed by atoms with E-state index >= 15 is 0 Å². The fraction of sp³-hybridized carbons (Fsp3) is 0.385. The molecule has 1 saturated heterocycles. The zero-order valence-electron chi connectivity index (χ0n) is 10.8. The lowest BCUT2D eigenvalue weighted by Gasteiger charge is -2.20. The molecule has 0 saturated carbocycles. The first-order valence-corrected chi connectivity index (χ1v) is 7.04. The summed E-state index contributed by atoms with van der Waals surface area (Å²) < 4.78 is 5.93. The summed E-state index contributed by atoms with van der Waals surface area (Å²) in [5, 5.41) is 11.8. The van der Waals surface area contributed by atoms with E-state index in [1.807, 2.05) is 0 Å². The Balaban J connectivity index is 2.12. The van der Waals surface area contributed by atoms with Crippen LogP contribution in [0.4, 0.5) is 10.5 Å². The van der Waals surface area contributed by atoms with Crippen LogP contribution in [0.2, 0.25) is 0 Å². The number of urea groups is 1. The Morgan fingerprint density at radius 1 is 1.30 bits per heavy atom. The van der Waals surface area contributed by atoms with Crippen molar-refractivity contribution in [2.24, 2.45) is 0 Å². The molecule has 0 aliphatic carbocycles. The second kappa shape index (κ2) is 6.71. The lowest BCUT2D eigenvalue weighted by Crippen LogP contribution is -2.37. The van der Waals surface area contributed by atoms with Crippen LogP contribution in [0.25, 0.3) is 0 Å². The molecule has 0 bridgehead atoms. The summed E-state index contributed by atoms with van der Waals surface area (Å²) in [6.07, 6.45) is 0.777. The van der Waals surface area contributed by atoms with Gasteiger partial charge in [-0.05, 0) is 24.6 Å². The van der Waals surface area contributed by atoms with Crippen LogP contribution < -0.4 is 5.32 Å². The van der Waals surface area contributed by atoms with Crippen molar-refractivity contribution < 1.29 is 19.4 Å². The van der Waals surface area contributed by atoms with Crippen LogP contribution in [-0.2, 0) is 4.74 Å². The van der Waals surface area contributed by atoms with Crippen molar-refractivity contribution in [2.75, 3.05) is 31.6 Å². The monoisotopic (exact) mass is 342 g/mol. The molecule has 6 nitrogen and oxygen atoms in total. The number of anilines is 1. The van der Waals surface area contributed by atoms with Crippen LogP contribution in [0, 0.1) is 0 Å². The highest BCUT2D eigenvalue weighted by Crippen LogP contribution is 2.21. The fourth-order valence-corrected chi connectivity index (χ4v) is 2.31. The van der Waals surface area contributed by atoms with Crippen molar-refractivity contribution in [1.82, 2.24) is 4.90 Å². The summed E-state index contributed by atoms with van der Waals surface area (Å²) in [6.45, 7) is 2.25. The first-order valence-electron chi connectivity index (χ1n) is 6.24. The number of amides is 2. The first kappa shape index (κ1) is 14.8. The number of nitrogens with zero attached hydrogens (tertiary/aromatic N) is 1. The number of carboxylic acid groups (broad SMARTS) is 1. The normalized spacial score (nSPS) is 15.6. The Bertz CT molecular complexity index is 513. The zero-order chi connectivity index (χ0) is 14.5. The predicted octanol–water partition coefficient (Wildman–Crippen LogP) is 2.40. The average Bonchev–Trinajstić information content (AvgIpc) is 2.69. The van der Waals surface area contributed by atoms with E-state index in [4.69, 9.17) is 9.84 Å². The molecule has 20 heavy (non-hydrogen) atoms. The van der Waals surface area contributed by atoms with Crippen molar-refractivity contribution in [3.63, 3.8) is 0 Å². The number of carbonyl (C=O) groups excluding carboxylic acids is 1. The van der Waals surface area contributed by atoms with Crippen molar-refractivity contribution in [3.8, 4) is 0 Å². The fourth-order valence-electron chi connectivity index (χ4n) is 1.95. The van der Waals surface area contributed by atoms with Gasteiger partial charge in [-0.15, -0.1) is 0 Å². The quantitative estimate of drug-likeness (QED) is 0.864. The first-order chi connectivity index (χ1) is 9.58. The Kier molecular flexibility index (Phi) is 4.97. The van der Waals surface area contributed by atoms with Gasteiger partial charge in [0.05, 0.1) is 17.9 Å². The van der Waals surface area contributed by atoms with Crippen LogP contribution in [0.5, 0.6) is 0 Å². The highest BCUT2D eigenvalue weighted by molar-refractivity contribution is 9.10. The number of hydrogen-bond donors (Lipinski definition) is 2. The summed E-state index contributed by atoms with van der Waals surface area (Å²) in [7, 11) is 0. The minimum absolute atomic E-state index is 0.0544. The Morgan fingerprint density at radius 3 is 2.85 bits per heavy atom. The van der Waals surface area contributed by atoms with E-state index in [-0.39, 0.29) is 17.3 Å². The van der Waals surface area contributed by atoms with Crippen molar-refractivity contribution in [2.45, 2.75) is 6.42 Å². The van der Waals surface area contributed by atoms with Crippen molar-refractivity contribution >= 4 is 33.6 Å². The number of carbonyl (C=O) groups is 2. The van der Waals surface area contributed by atoms with Gasteiger partial charge in [0.25, 0.3) is 0 Å². The van der Waals surface area contributed by atoms with Crippen LogP contribution in [0.3, 0.4) is 0 Å². The molecule has 2 N–H and O–H groups in total. The van der Waals surface area contributed by atoms with Crippen molar-refractivity contribution in [3.05, 3.63) is 28.2 Å². The average molecular weight is 343 g/mol. The van der Waals surface area contributed by atoms with Crippen molar-refractivity contribution in [1.29, 1.82) is 0 Å². The van der Waals surface area contributed by atoms with Crippen LogP contribution in [0.15, 0.2) is 22.7 Å². The van der Waals surface area contributed by atoms with Gasteiger partial charge in [0.15, 0.2) is 0 Å². The van der Waals surface area contributed by atoms with Crippen LogP contribution in [-0.4, -0.2) is 48.3 Å². The molecule has 2 amide bonds. The Labute approximate surface area is 124 Å². The number of benzene rings is 1. The molecule has 0 atom stereocenters. The Morgan fingerprint density at radius 2 is 2.10 bits per heavy atom. The number of nitrogens with one attached hydrogen (secondary N) is 1. The predicted molar refractivity (Wildman–Crippen MR) is 77.1 cm³/mol. The Hall–Kier alpha value is -1.60. The number of ether oxygens (including phenoxy) is 1. The highest BCUT2D eigenvalue weighted by atomic mass is 79.9. The second-order valence-electron chi connectivity index (χ2n) is 4.38. The number of rotatable bonds is 2. The van der Waals surface area contributed by atoms with Gasteiger partial charge < -0.3 is 20.1 Å². The summed E-state index contributed by atoms with van der Waals surface area (Å²) in [6, 6.07) is 4.41. The molecule has 108 valence electrons. The topological polar surface area (TPSA) is 78.9 Å². The van der Waals surface area contributed by atoms with E-state index in [2.05, 4.69) is 21.2 Å². The molecule has 1 aromatic carbocycles. The maximum absolute atomic E-state index is 12.1. The SMILES string of the molecule is O=C(O)c1cc(Br)ccc1NC(=O)N1CCCOCC1. The lowest BCUT2D eigenvalue weighted by atomic mass is 10.2. The van der Waals surface area contributed by atoms with Gasteiger partial charge in [-0.2, -0.15) is 0 Å². The molecule has 1 aliphatic heterocycles. The molecule has 1 aliphatic rings. The molecule has 2 rings (SSSR count). The maximum atomic E-state index is 12.1. The number of hydrogen-bond acceptors (Lipinski definition) is 3. The van der Waals surface area contributed by atoms with Gasteiger partial charge in [-0.25, -0.2) is 9.59 Å². The molecule has 0 aromatic heterocycles. The molecule has 7 heteroatoms.